The lowest BCUT2D eigenvalue weighted by atomic mass is 9.96. The summed E-state index contributed by atoms with van der Waals surface area (Å²) in [7, 11) is 0. The number of hydrogen-bond donors (Lipinski definition) is 1. The molecular weight excluding hydrogens is 436 g/mol. The molecule has 0 radical (unpaired) electrons. The summed E-state index contributed by atoms with van der Waals surface area (Å²) in [5.41, 5.74) is 2.25. The van der Waals surface area contributed by atoms with Crippen molar-refractivity contribution in [3.8, 4) is 5.75 Å². The van der Waals surface area contributed by atoms with Gasteiger partial charge in [-0.1, -0.05) is 63.9 Å². The van der Waals surface area contributed by atoms with Crippen LogP contribution in [0, 0.1) is 0 Å². The van der Waals surface area contributed by atoms with Crippen LogP contribution in [0.1, 0.15) is 77.8 Å². The number of unbranched alkanes of at least 4 members (excludes halogenated alkanes) is 3. The number of hydrogen-bond acceptors (Lipinski definition) is 7. The number of nitrogens with zero attached hydrogens (tertiary/aromatic N) is 3. The first kappa shape index (κ1) is 25.1. The number of fused-ring (bicyclic) bond motifs is 1. The van der Waals surface area contributed by atoms with E-state index in [0.29, 0.717) is 29.9 Å². The van der Waals surface area contributed by atoms with Gasteiger partial charge in [-0.3, -0.25) is 0 Å². The summed E-state index contributed by atoms with van der Waals surface area (Å²) < 4.78 is 13.2. The molecule has 7 nitrogen and oxygen atoms in total. The number of rotatable bonds is 13. The maximum Gasteiger partial charge on any atom is 0.338 e. The molecule has 2 aromatic rings. The van der Waals surface area contributed by atoms with Gasteiger partial charge in [0.25, 0.3) is 0 Å². The van der Waals surface area contributed by atoms with Gasteiger partial charge < -0.3 is 14.8 Å². The fourth-order valence-electron chi connectivity index (χ4n) is 3.54. The summed E-state index contributed by atoms with van der Waals surface area (Å²) in [5, 5.41) is 8.74. The van der Waals surface area contributed by atoms with Crippen molar-refractivity contribution in [2.24, 2.45) is 0 Å². The van der Waals surface area contributed by atoms with Gasteiger partial charge in [0.2, 0.25) is 11.1 Å². The van der Waals surface area contributed by atoms with Crippen LogP contribution in [0.4, 0.5) is 5.95 Å². The fourth-order valence-corrected chi connectivity index (χ4v) is 4.45. The number of aromatic nitrogens is 3. The largest absolute Gasteiger partial charge is 0.494 e. The third-order valence-corrected chi connectivity index (χ3v) is 6.40. The summed E-state index contributed by atoms with van der Waals surface area (Å²) in [6.45, 7) is 9.39. The Labute approximate surface area is 201 Å². The Morgan fingerprint density at radius 1 is 1.06 bits per heavy atom. The highest BCUT2D eigenvalue weighted by Crippen LogP contribution is 2.37. The molecule has 1 atom stereocenters. The number of esters is 1. The molecule has 1 aromatic carbocycles. The van der Waals surface area contributed by atoms with Crippen LogP contribution in [0.15, 0.2) is 40.7 Å². The highest BCUT2D eigenvalue weighted by atomic mass is 32.2. The van der Waals surface area contributed by atoms with E-state index in [0.717, 1.165) is 61.3 Å². The summed E-state index contributed by atoms with van der Waals surface area (Å²) in [6, 6.07) is 7.50. The molecule has 1 aliphatic rings. The number of nitrogens with one attached hydrogen (secondary N) is 1. The van der Waals surface area contributed by atoms with Crippen molar-refractivity contribution in [1.82, 2.24) is 14.8 Å². The Hall–Kier alpha value is -2.48. The number of allylic oxidation sites excluding steroid dienone is 1. The third kappa shape index (κ3) is 6.53. The molecule has 33 heavy (non-hydrogen) atoms. The van der Waals surface area contributed by atoms with Gasteiger partial charge in [0.15, 0.2) is 0 Å². The number of thioether (sulfide) groups is 1. The number of benzene rings is 1. The predicted octanol–water partition coefficient (Wildman–Crippen LogP) is 5.98. The maximum absolute atomic E-state index is 13.1. The fraction of sp³-hybridized carbons (Fsp3) is 0.560. The predicted molar refractivity (Wildman–Crippen MR) is 133 cm³/mol. The normalized spacial score (nSPS) is 15.2. The van der Waals surface area contributed by atoms with Crippen molar-refractivity contribution >= 4 is 23.7 Å². The second-order valence-corrected chi connectivity index (χ2v) is 9.25. The summed E-state index contributed by atoms with van der Waals surface area (Å²) in [4.78, 5) is 17.8. The molecule has 8 heteroatoms. The monoisotopic (exact) mass is 472 g/mol. The molecule has 1 aliphatic heterocycles. The van der Waals surface area contributed by atoms with Crippen molar-refractivity contribution < 1.29 is 14.3 Å². The van der Waals surface area contributed by atoms with Gasteiger partial charge in [-0.15, -0.1) is 5.10 Å². The Morgan fingerprint density at radius 2 is 1.76 bits per heavy atom. The minimum atomic E-state index is -0.409. The van der Waals surface area contributed by atoms with Crippen LogP contribution in [-0.2, 0) is 9.53 Å². The first-order chi connectivity index (χ1) is 16.1. The Balaban J connectivity index is 1.91. The number of ether oxygens (including phenoxy) is 2. The number of carbonyl (C=O) groups excluding carboxylic acids is 1. The van der Waals surface area contributed by atoms with Crippen LogP contribution < -0.4 is 10.1 Å². The molecule has 0 aliphatic carbocycles. The average Bonchev–Trinajstić information content (AvgIpc) is 3.21. The smallest absolute Gasteiger partial charge is 0.338 e. The molecule has 1 unspecified atom stereocenters. The zero-order valence-corrected chi connectivity index (χ0v) is 21.0. The standard InChI is InChI=1S/C25H36N4O3S/c1-5-8-15-31-20-13-11-19(12-14-20)22-21(23(30)32-16-9-6-2)18(4)26-24-27-25(28-29(22)24)33-17-10-7-3/h11-14,22H,5-10,15-17H2,1-4H3,(H,26,27,28). The summed E-state index contributed by atoms with van der Waals surface area (Å²) >= 11 is 1.64. The van der Waals surface area contributed by atoms with Gasteiger partial charge in [-0.25, -0.2) is 9.48 Å². The number of anilines is 1. The maximum atomic E-state index is 13.1. The van der Waals surface area contributed by atoms with E-state index >= 15 is 0 Å². The highest BCUT2D eigenvalue weighted by molar-refractivity contribution is 7.99. The van der Waals surface area contributed by atoms with Gasteiger partial charge in [0.05, 0.1) is 18.8 Å². The van der Waals surface area contributed by atoms with Gasteiger partial charge >= 0.3 is 5.97 Å². The van der Waals surface area contributed by atoms with Crippen LogP contribution in [0.25, 0.3) is 0 Å². The molecule has 2 heterocycles. The summed E-state index contributed by atoms with van der Waals surface area (Å²) in [5.74, 6) is 2.11. The zero-order valence-electron chi connectivity index (χ0n) is 20.2. The van der Waals surface area contributed by atoms with Crippen molar-refractivity contribution in [2.45, 2.75) is 77.4 Å². The minimum Gasteiger partial charge on any atom is -0.494 e. The van der Waals surface area contributed by atoms with Gasteiger partial charge in [-0.05, 0) is 43.9 Å². The molecule has 0 fully saturated rings. The lowest BCUT2D eigenvalue weighted by Gasteiger charge is -2.28. The van der Waals surface area contributed by atoms with Gasteiger partial charge in [0.1, 0.15) is 11.8 Å². The lowest BCUT2D eigenvalue weighted by Crippen LogP contribution is -2.29. The molecule has 0 amide bonds. The second-order valence-electron chi connectivity index (χ2n) is 8.19. The van der Waals surface area contributed by atoms with E-state index in [9.17, 15) is 4.79 Å². The molecule has 1 N–H and O–H groups in total. The highest BCUT2D eigenvalue weighted by Gasteiger charge is 2.35. The van der Waals surface area contributed by atoms with Crippen molar-refractivity contribution in [3.05, 3.63) is 41.1 Å². The molecule has 0 spiro atoms. The van der Waals surface area contributed by atoms with E-state index in [1.807, 2.05) is 35.9 Å². The van der Waals surface area contributed by atoms with E-state index in [4.69, 9.17) is 14.6 Å². The first-order valence-corrected chi connectivity index (χ1v) is 13.0. The van der Waals surface area contributed by atoms with Crippen LogP contribution in [0.3, 0.4) is 0 Å². The minimum absolute atomic E-state index is 0.317. The van der Waals surface area contributed by atoms with E-state index in [1.165, 1.54) is 0 Å². The van der Waals surface area contributed by atoms with E-state index < -0.39 is 6.04 Å². The zero-order chi connectivity index (χ0) is 23.6. The average molecular weight is 473 g/mol. The van der Waals surface area contributed by atoms with Crippen LogP contribution in [0.2, 0.25) is 0 Å². The molecule has 0 bridgehead atoms. The molecular formula is C25H36N4O3S. The van der Waals surface area contributed by atoms with Crippen molar-refractivity contribution in [2.75, 3.05) is 24.3 Å². The molecule has 180 valence electrons. The van der Waals surface area contributed by atoms with Crippen LogP contribution in [-0.4, -0.2) is 39.7 Å². The van der Waals surface area contributed by atoms with Crippen molar-refractivity contribution in [3.63, 3.8) is 0 Å². The lowest BCUT2D eigenvalue weighted by molar-refractivity contribution is -0.139. The Kier molecular flexibility index (Phi) is 9.66. The molecule has 0 saturated heterocycles. The van der Waals surface area contributed by atoms with Crippen LogP contribution >= 0.6 is 11.8 Å². The first-order valence-electron chi connectivity index (χ1n) is 12.1. The van der Waals surface area contributed by atoms with E-state index in [-0.39, 0.29) is 5.97 Å². The van der Waals surface area contributed by atoms with Crippen LogP contribution in [0.5, 0.6) is 5.75 Å². The summed E-state index contributed by atoms with van der Waals surface area (Å²) in [6.07, 6.45) is 6.16. The van der Waals surface area contributed by atoms with Gasteiger partial charge in [-0.2, -0.15) is 4.98 Å². The SMILES string of the molecule is CCCCOC(=O)C1=C(C)Nc2nc(SCCCC)nn2C1c1ccc(OCCCC)cc1. The van der Waals surface area contributed by atoms with Gasteiger partial charge in [0, 0.05) is 11.4 Å². The third-order valence-electron chi connectivity index (χ3n) is 5.48. The van der Waals surface area contributed by atoms with E-state index in [2.05, 4.69) is 31.1 Å². The molecule has 3 rings (SSSR count). The molecule has 1 aromatic heterocycles. The Morgan fingerprint density at radius 3 is 2.45 bits per heavy atom. The van der Waals surface area contributed by atoms with Crippen molar-refractivity contribution in [1.29, 1.82) is 0 Å². The van der Waals surface area contributed by atoms with E-state index in [1.54, 1.807) is 11.8 Å². The quantitative estimate of drug-likeness (QED) is 0.218. The number of carbonyl (C=O) groups is 1. The Bertz CT molecular complexity index is 940. The second kappa shape index (κ2) is 12.7. The topological polar surface area (TPSA) is 78.3 Å². The molecule has 0 saturated carbocycles.